The van der Waals surface area contributed by atoms with Crippen LogP contribution in [0.5, 0.6) is 0 Å². The average molecular weight is 383 g/mol. The number of amides is 1. The molecule has 0 saturated carbocycles. The molecule has 0 atom stereocenters. The van der Waals surface area contributed by atoms with Gasteiger partial charge in [-0.25, -0.2) is 10.5 Å². The quantitative estimate of drug-likeness (QED) is 0.560. The summed E-state index contributed by atoms with van der Waals surface area (Å²) in [5.74, 6) is 0.284. The Kier molecular flexibility index (Phi) is 5.01. The van der Waals surface area contributed by atoms with Gasteiger partial charge in [-0.05, 0) is 52.7 Å². The number of aromatic nitrogens is 2. The predicted octanol–water partition coefficient (Wildman–Crippen LogP) is 3.22. The second-order valence-corrected chi connectivity index (χ2v) is 7.81. The van der Waals surface area contributed by atoms with Crippen LogP contribution in [-0.4, -0.2) is 27.0 Å². The summed E-state index contributed by atoms with van der Waals surface area (Å²) in [6.07, 6.45) is 2.73. The van der Waals surface area contributed by atoms with Crippen LogP contribution in [0.15, 0.2) is 10.7 Å². The molecule has 0 radical (unpaired) electrons. The van der Waals surface area contributed by atoms with Gasteiger partial charge in [0.2, 0.25) is 0 Å². The summed E-state index contributed by atoms with van der Waals surface area (Å²) in [6.45, 7) is 10.5. The average Bonchev–Trinajstić information content (AvgIpc) is 2.78. The van der Waals surface area contributed by atoms with Gasteiger partial charge in [-0.2, -0.15) is 0 Å². The fourth-order valence-electron chi connectivity index (χ4n) is 2.44. The third-order valence-corrected chi connectivity index (χ3v) is 4.52. The Morgan fingerprint density at radius 1 is 1.35 bits per heavy atom. The van der Waals surface area contributed by atoms with Crippen LogP contribution >= 0.6 is 15.9 Å². The first-order chi connectivity index (χ1) is 10.6. The summed E-state index contributed by atoms with van der Waals surface area (Å²) in [5, 5.41) is 11.8. The summed E-state index contributed by atoms with van der Waals surface area (Å²) in [5.41, 5.74) is 5.71. The number of hydroxylamine groups is 1. The van der Waals surface area contributed by atoms with E-state index in [1.807, 2.05) is 24.4 Å². The lowest BCUT2D eigenvalue weighted by molar-refractivity contribution is -0.127. The van der Waals surface area contributed by atoms with Crippen molar-refractivity contribution in [3.05, 3.63) is 27.5 Å². The number of nitrogens with one attached hydrogen (secondary N) is 2. The maximum absolute atomic E-state index is 11.4. The minimum absolute atomic E-state index is 0.0218. The van der Waals surface area contributed by atoms with Crippen molar-refractivity contribution in [3.8, 4) is 0 Å². The molecule has 7 heteroatoms. The van der Waals surface area contributed by atoms with E-state index in [9.17, 15) is 4.79 Å². The van der Waals surface area contributed by atoms with Gasteiger partial charge in [0, 0.05) is 10.7 Å². The number of fused-ring (bicyclic) bond motifs is 1. The second-order valence-electron chi connectivity index (χ2n) is 6.95. The number of nitrogens with zero attached hydrogens (tertiary/aromatic N) is 2. The van der Waals surface area contributed by atoms with E-state index in [0.29, 0.717) is 0 Å². The number of imidazole rings is 1. The van der Waals surface area contributed by atoms with Gasteiger partial charge in [0.25, 0.3) is 5.91 Å². The van der Waals surface area contributed by atoms with E-state index in [-0.39, 0.29) is 12.0 Å². The third-order valence-electron chi connectivity index (χ3n) is 3.72. The molecule has 2 aromatic rings. The lowest BCUT2D eigenvalue weighted by Crippen LogP contribution is -2.27. The largest absolute Gasteiger partial charge is 0.360 e. The summed E-state index contributed by atoms with van der Waals surface area (Å²) < 4.78 is 2.94. The van der Waals surface area contributed by atoms with E-state index in [2.05, 4.69) is 42.0 Å². The number of rotatable bonds is 4. The number of aryl methyl sites for hydroxylation is 1. The monoisotopic (exact) mass is 382 g/mol. The first kappa shape index (κ1) is 17.7. The third kappa shape index (κ3) is 3.84. The highest BCUT2D eigenvalue weighted by molar-refractivity contribution is 9.10. The highest BCUT2D eigenvalue weighted by atomic mass is 79.9. The Labute approximate surface area is 144 Å². The number of hydrogen-bond acceptors (Lipinski definition) is 4. The number of pyridine rings is 1. The molecule has 0 aliphatic carbocycles. The van der Waals surface area contributed by atoms with E-state index < -0.39 is 5.91 Å². The highest BCUT2D eigenvalue weighted by Gasteiger charge is 2.21. The van der Waals surface area contributed by atoms with Crippen LogP contribution in [-0.2, 0) is 11.2 Å². The van der Waals surface area contributed by atoms with Crippen molar-refractivity contribution in [3.63, 3.8) is 0 Å². The molecule has 0 aliphatic rings. The molecule has 23 heavy (non-hydrogen) atoms. The minimum Gasteiger partial charge on any atom is -0.360 e. The highest BCUT2D eigenvalue weighted by Crippen LogP contribution is 2.31. The lowest BCUT2D eigenvalue weighted by atomic mass is 9.90. The fraction of sp³-hybridized carbons (Fsp3) is 0.500. The van der Waals surface area contributed by atoms with Crippen LogP contribution in [0, 0.1) is 19.3 Å². The molecular weight excluding hydrogens is 360 g/mol. The van der Waals surface area contributed by atoms with Gasteiger partial charge >= 0.3 is 0 Å². The summed E-state index contributed by atoms with van der Waals surface area (Å²) >= 11 is 3.57. The van der Waals surface area contributed by atoms with Gasteiger partial charge in [-0.1, -0.05) is 20.8 Å². The first-order valence-corrected chi connectivity index (χ1v) is 8.27. The van der Waals surface area contributed by atoms with Crippen molar-refractivity contribution >= 4 is 33.3 Å². The maximum atomic E-state index is 11.4. The molecule has 1 amide bonds. The summed E-state index contributed by atoms with van der Waals surface area (Å²) in [7, 11) is 0. The van der Waals surface area contributed by atoms with Gasteiger partial charge in [-0.3, -0.25) is 14.4 Å². The zero-order valence-corrected chi connectivity index (χ0v) is 15.7. The Morgan fingerprint density at radius 2 is 2.00 bits per heavy atom. The zero-order valence-electron chi connectivity index (χ0n) is 14.1. The molecule has 0 aliphatic heterocycles. The van der Waals surface area contributed by atoms with Crippen LogP contribution in [0.25, 0.3) is 5.65 Å². The first-order valence-electron chi connectivity index (χ1n) is 7.47. The van der Waals surface area contributed by atoms with Gasteiger partial charge < -0.3 is 5.32 Å². The predicted molar refractivity (Wildman–Crippen MR) is 93.9 cm³/mol. The number of anilines is 1. The molecule has 0 unspecified atom stereocenters. The molecule has 126 valence electrons. The molecule has 3 N–H and O–H groups in total. The number of halogens is 1. The van der Waals surface area contributed by atoms with E-state index in [1.165, 1.54) is 0 Å². The Hall–Kier alpha value is -1.60. The minimum atomic E-state index is -0.496. The molecule has 0 fully saturated rings. The standard InChI is InChI=1S/C16H23BrN4O2/c1-9-10(2)14-19-12(6-16(3,4)5)15(18-7-13(22)20-23)21(14)8-11(9)17/h8,18,23H,6-7H2,1-5H3,(H,20,22). The summed E-state index contributed by atoms with van der Waals surface area (Å²) in [6, 6.07) is 0. The van der Waals surface area contributed by atoms with Gasteiger partial charge in [-0.15, -0.1) is 0 Å². The Balaban J connectivity index is 2.58. The van der Waals surface area contributed by atoms with E-state index in [1.54, 1.807) is 5.48 Å². The van der Waals surface area contributed by atoms with Gasteiger partial charge in [0.1, 0.15) is 11.5 Å². The van der Waals surface area contributed by atoms with Crippen molar-refractivity contribution in [2.24, 2.45) is 5.41 Å². The molecule has 2 rings (SSSR count). The lowest BCUT2D eigenvalue weighted by Gasteiger charge is -2.17. The zero-order chi connectivity index (χ0) is 17.4. The van der Waals surface area contributed by atoms with E-state index in [0.717, 1.165) is 39.2 Å². The molecule has 6 nitrogen and oxygen atoms in total. The number of carbonyl (C=O) groups is 1. The molecule has 2 heterocycles. The van der Waals surface area contributed by atoms with Crippen LogP contribution in [0.4, 0.5) is 5.82 Å². The van der Waals surface area contributed by atoms with Crippen molar-refractivity contribution in [2.45, 2.75) is 41.0 Å². The van der Waals surface area contributed by atoms with Crippen LogP contribution in [0.3, 0.4) is 0 Å². The van der Waals surface area contributed by atoms with Crippen molar-refractivity contribution in [1.82, 2.24) is 14.9 Å². The summed E-state index contributed by atoms with van der Waals surface area (Å²) in [4.78, 5) is 16.2. The van der Waals surface area contributed by atoms with Gasteiger partial charge in [0.05, 0.1) is 12.2 Å². The molecule has 0 spiro atoms. The smallest absolute Gasteiger partial charge is 0.262 e. The number of hydrogen-bond donors (Lipinski definition) is 3. The van der Waals surface area contributed by atoms with Crippen molar-refractivity contribution < 1.29 is 10.0 Å². The van der Waals surface area contributed by atoms with Crippen LogP contribution in [0.2, 0.25) is 0 Å². The van der Waals surface area contributed by atoms with Gasteiger partial charge in [0.15, 0.2) is 0 Å². The van der Waals surface area contributed by atoms with Crippen molar-refractivity contribution in [1.29, 1.82) is 0 Å². The SMILES string of the molecule is Cc1c(Br)cn2c(NCC(=O)NO)c(CC(C)(C)C)nc2c1C. The molecule has 0 saturated heterocycles. The molecular formula is C16H23BrN4O2. The van der Waals surface area contributed by atoms with E-state index >= 15 is 0 Å². The topological polar surface area (TPSA) is 78.7 Å². The number of carbonyl (C=O) groups excluding carboxylic acids is 1. The normalized spacial score (nSPS) is 11.8. The fourth-order valence-corrected chi connectivity index (χ4v) is 2.95. The van der Waals surface area contributed by atoms with E-state index in [4.69, 9.17) is 10.2 Å². The Morgan fingerprint density at radius 3 is 2.57 bits per heavy atom. The van der Waals surface area contributed by atoms with Crippen LogP contribution < -0.4 is 10.8 Å². The molecule has 2 aromatic heterocycles. The van der Waals surface area contributed by atoms with Crippen LogP contribution in [0.1, 0.15) is 37.6 Å². The second kappa shape index (κ2) is 6.49. The Bertz CT molecular complexity index is 747. The maximum Gasteiger partial charge on any atom is 0.262 e. The molecule has 0 aromatic carbocycles. The molecule has 0 bridgehead atoms. The van der Waals surface area contributed by atoms with Crippen molar-refractivity contribution in [2.75, 3.05) is 11.9 Å².